The number of hydrogen-bond acceptors (Lipinski definition) is 3. The van der Waals surface area contributed by atoms with Gasteiger partial charge in [0.05, 0.1) is 24.4 Å². The Kier molecular flexibility index (Phi) is 3.99. The van der Waals surface area contributed by atoms with Gasteiger partial charge in [0, 0.05) is 12.6 Å². The van der Waals surface area contributed by atoms with E-state index in [2.05, 4.69) is 11.4 Å². The van der Waals surface area contributed by atoms with Crippen molar-refractivity contribution in [2.24, 2.45) is 0 Å². The summed E-state index contributed by atoms with van der Waals surface area (Å²) in [6, 6.07) is 13.5. The van der Waals surface area contributed by atoms with Gasteiger partial charge in [0.25, 0.3) is 0 Å². The highest BCUT2D eigenvalue weighted by Gasteiger charge is 2.04. The second kappa shape index (κ2) is 5.87. The number of nitrogens with zero attached hydrogens (tertiary/aromatic N) is 1. The van der Waals surface area contributed by atoms with Crippen LogP contribution in [0, 0.1) is 17.1 Å². The molecule has 0 aliphatic carbocycles. The van der Waals surface area contributed by atoms with Crippen molar-refractivity contribution in [1.29, 1.82) is 5.26 Å². The minimum Gasteiger partial charge on any atom is -0.495 e. The zero-order chi connectivity index (χ0) is 13.7. The average Bonchev–Trinajstić information content (AvgIpc) is 2.46. The Balaban J connectivity index is 2.11. The maximum absolute atomic E-state index is 12.8. The van der Waals surface area contributed by atoms with Crippen LogP contribution < -0.4 is 10.1 Å². The molecule has 0 amide bonds. The summed E-state index contributed by atoms with van der Waals surface area (Å²) in [6.07, 6.45) is 0. The van der Waals surface area contributed by atoms with Gasteiger partial charge in [-0.3, -0.25) is 0 Å². The molecule has 0 heterocycles. The largest absolute Gasteiger partial charge is 0.495 e. The van der Waals surface area contributed by atoms with E-state index in [1.807, 2.05) is 0 Å². The lowest BCUT2D eigenvalue weighted by molar-refractivity contribution is 0.416. The van der Waals surface area contributed by atoms with Crippen LogP contribution in [0.15, 0.2) is 42.5 Å². The van der Waals surface area contributed by atoms with Gasteiger partial charge in [0.2, 0.25) is 0 Å². The van der Waals surface area contributed by atoms with Crippen LogP contribution in [0.1, 0.15) is 11.1 Å². The molecule has 3 nitrogen and oxygen atoms in total. The SMILES string of the molecule is COc1cc(C#N)ccc1NCc1ccc(F)cc1. The number of benzene rings is 2. The van der Waals surface area contributed by atoms with Crippen molar-refractivity contribution in [1.82, 2.24) is 0 Å². The summed E-state index contributed by atoms with van der Waals surface area (Å²) in [5.41, 5.74) is 2.31. The van der Waals surface area contributed by atoms with Crippen LogP contribution in [-0.4, -0.2) is 7.11 Å². The summed E-state index contributed by atoms with van der Waals surface area (Å²) >= 11 is 0. The van der Waals surface area contributed by atoms with Gasteiger partial charge >= 0.3 is 0 Å². The molecule has 2 aromatic rings. The second-order valence-electron chi connectivity index (χ2n) is 4.01. The topological polar surface area (TPSA) is 45.0 Å². The van der Waals surface area contributed by atoms with Crippen molar-refractivity contribution < 1.29 is 9.13 Å². The molecule has 2 aromatic carbocycles. The van der Waals surface area contributed by atoms with E-state index >= 15 is 0 Å². The third kappa shape index (κ3) is 3.23. The predicted molar refractivity (Wildman–Crippen MR) is 71.4 cm³/mol. The number of methoxy groups -OCH3 is 1. The Labute approximate surface area is 111 Å². The first-order valence-corrected chi connectivity index (χ1v) is 5.79. The molecule has 19 heavy (non-hydrogen) atoms. The van der Waals surface area contributed by atoms with Gasteiger partial charge in [0.1, 0.15) is 11.6 Å². The van der Waals surface area contributed by atoms with Gasteiger partial charge in [-0.1, -0.05) is 12.1 Å². The third-order valence-electron chi connectivity index (χ3n) is 2.73. The molecule has 0 saturated carbocycles. The third-order valence-corrected chi connectivity index (χ3v) is 2.73. The maximum Gasteiger partial charge on any atom is 0.143 e. The molecule has 0 aromatic heterocycles. The van der Waals surface area contributed by atoms with Crippen LogP contribution in [0.4, 0.5) is 10.1 Å². The van der Waals surface area contributed by atoms with Gasteiger partial charge in [-0.15, -0.1) is 0 Å². The summed E-state index contributed by atoms with van der Waals surface area (Å²) in [7, 11) is 1.56. The molecule has 0 radical (unpaired) electrons. The fourth-order valence-corrected chi connectivity index (χ4v) is 1.71. The highest BCUT2D eigenvalue weighted by molar-refractivity contribution is 5.59. The first-order chi connectivity index (χ1) is 9.22. The normalized spacial score (nSPS) is 9.74. The van der Waals surface area contributed by atoms with Crippen LogP contribution in [0.3, 0.4) is 0 Å². The number of ether oxygens (including phenoxy) is 1. The van der Waals surface area contributed by atoms with E-state index in [0.29, 0.717) is 17.9 Å². The van der Waals surface area contributed by atoms with Gasteiger partial charge in [-0.25, -0.2) is 4.39 Å². The molecule has 0 atom stereocenters. The highest BCUT2D eigenvalue weighted by atomic mass is 19.1. The van der Waals surface area contributed by atoms with Crippen LogP contribution in [0.25, 0.3) is 0 Å². The van der Waals surface area contributed by atoms with Crippen molar-refractivity contribution in [3.8, 4) is 11.8 Å². The minimum absolute atomic E-state index is 0.250. The van der Waals surface area contributed by atoms with Gasteiger partial charge in [-0.05, 0) is 29.8 Å². The summed E-state index contributed by atoms with van der Waals surface area (Å²) in [4.78, 5) is 0. The van der Waals surface area contributed by atoms with Crippen LogP contribution in [-0.2, 0) is 6.54 Å². The number of nitrogens with one attached hydrogen (secondary N) is 1. The number of hydrogen-bond donors (Lipinski definition) is 1. The lowest BCUT2D eigenvalue weighted by Crippen LogP contribution is -2.01. The van der Waals surface area contributed by atoms with E-state index in [1.54, 1.807) is 37.4 Å². The second-order valence-corrected chi connectivity index (χ2v) is 4.01. The minimum atomic E-state index is -0.250. The average molecular weight is 256 g/mol. The molecule has 2 rings (SSSR count). The molecule has 4 heteroatoms. The van der Waals surface area contributed by atoms with E-state index in [0.717, 1.165) is 11.3 Å². The number of rotatable bonds is 4. The molecule has 96 valence electrons. The standard InChI is InChI=1S/C15H13FN2O/c1-19-15-8-12(9-17)4-7-14(15)18-10-11-2-5-13(16)6-3-11/h2-8,18H,10H2,1H3. The first-order valence-electron chi connectivity index (χ1n) is 5.79. The van der Waals surface area contributed by atoms with Crippen molar-refractivity contribution in [3.63, 3.8) is 0 Å². The highest BCUT2D eigenvalue weighted by Crippen LogP contribution is 2.25. The summed E-state index contributed by atoms with van der Waals surface area (Å²) in [5.74, 6) is 0.362. The Morgan fingerprint density at radius 1 is 1.21 bits per heavy atom. The molecular formula is C15H13FN2O. The number of halogens is 1. The number of anilines is 1. The van der Waals surface area contributed by atoms with Gasteiger partial charge < -0.3 is 10.1 Å². The van der Waals surface area contributed by atoms with Crippen molar-refractivity contribution in [3.05, 3.63) is 59.4 Å². The molecule has 0 bridgehead atoms. The molecular weight excluding hydrogens is 243 g/mol. The molecule has 0 saturated heterocycles. The molecule has 1 N–H and O–H groups in total. The fraction of sp³-hybridized carbons (Fsp3) is 0.133. The van der Waals surface area contributed by atoms with E-state index in [1.165, 1.54) is 12.1 Å². The molecule has 0 aliphatic rings. The Morgan fingerprint density at radius 3 is 2.58 bits per heavy atom. The number of nitriles is 1. The van der Waals surface area contributed by atoms with Crippen molar-refractivity contribution in [2.45, 2.75) is 6.54 Å². The smallest absolute Gasteiger partial charge is 0.143 e. The Morgan fingerprint density at radius 2 is 1.95 bits per heavy atom. The quantitative estimate of drug-likeness (QED) is 0.912. The molecule has 0 aliphatic heterocycles. The molecule has 0 unspecified atom stereocenters. The Hall–Kier alpha value is -2.54. The maximum atomic E-state index is 12.8. The van der Waals surface area contributed by atoms with Crippen LogP contribution in [0.2, 0.25) is 0 Å². The Bertz CT molecular complexity index is 603. The zero-order valence-electron chi connectivity index (χ0n) is 10.5. The van der Waals surface area contributed by atoms with Gasteiger partial charge in [0.15, 0.2) is 0 Å². The fourth-order valence-electron chi connectivity index (χ4n) is 1.71. The molecule has 0 spiro atoms. The van der Waals surface area contributed by atoms with Crippen LogP contribution in [0.5, 0.6) is 5.75 Å². The van der Waals surface area contributed by atoms with Gasteiger partial charge in [-0.2, -0.15) is 5.26 Å². The van der Waals surface area contributed by atoms with E-state index in [9.17, 15) is 4.39 Å². The predicted octanol–water partition coefficient (Wildman–Crippen LogP) is 3.32. The van der Waals surface area contributed by atoms with Crippen molar-refractivity contribution >= 4 is 5.69 Å². The molecule has 0 fully saturated rings. The lowest BCUT2D eigenvalue weighted by atomic mass is 10.2. The van der Waals surface area contributed by atoms with E-state index in [-0.39, 0.29) is 5.82 Å². The van der Waals surface area contributed by atoms with E-state index in [4.69, 9.17) is 10.00 Å². The first kappa shape index (κ1) is 12.9. The van der Waals surface area contributed by atoms with E-state index < -0.39 is 0 Å². The van der Waals surface area contributed by atoms with Crippen LogP contribution >= 0.6 is 0 Å². The summed E-state index contributed by atoms with van der Waals surface area (Å²) < 4.78 is 18.0. The monoisotopic (exact) mass is 256 g/mol. The van der Waals surface area contributed by atoms with Crippen molar-refractivity contribution in [2.75, 3.05) is 12.4 Å². The summed E-state index contributed by atoms with van der Waals surface area (Å²) in [5, 5.41) is 12.0. The zero-order valence-corrected chi connectivity index (χ0v) is 10.5. The summed E-state index contributed by atoms with van der Waals surface area (Å²) in [6.45, 7) is 0.558. The lowest BCUT2D eigenvalue weighted by Gasteiger charge is -2.11.